The number of anilines is 1. The Bertz CT molecular complexity index is 1200. The van der Waals surface area contributed by atoms with Crippen LogP contribution in [-0.4, -0.2) is 29.6 Å². The van der Waals surface area contributed by atoms with Gasteiger partial charge < -0.3 is 10.4 Å². The van der Waals surface area contributed by atoms with Crippen LogP contribution >= 0.6 is 10.8 Å². The number of pyridine rings is 2. The third-order valence-electron chi connectivity index (χ3n) is 5.48. The van der Waals surface area contributed by atoms with Crippen molar-refractivity contribution in [2.24, 2.45) is 10.3 Å². The molecule has 158 valence electrons. The van der Waals surface area contributed by atoms with Gasteiger partial charge in [0.25, 0.3) is 5.56 Å². The number of amidine groups is 1. The number of benzene rings is 1. The lowest BCUT2D eigenvalue weighted by atomic mass is 10.0. The zero-order valence-electron chi connectivity index (χ0n) is 16.7. The highest BCUT2D eigenvalue weighted by Gasteiger charge is 2.30. The fraction of sp³-hybridized carbons (Fsp3) is 0.286. The van der Waals surface area contributed by atoms with Gasteiger partial charge in [0.2, 0.25) is 0 Å². The third-order valence-corrected chi connectivity index (χ3v) is 6.86. The van der Waals surface area contributed by atoms with E-state index < -0.39 is 16.3 Å². The fourth-order valence-electron chi connectivity index (χ4n) is 3.70. The molecule has 4 rings (SSSR count). The number of rotatable bonds is 5. The molecule has 0 aliphatic carbocycles. The second kappa shape index (κ2) is 7.75. The summed E-state index contributed by atoms with van der Waals surface area (Å²) in [7, 11) is -3.52. The zero-order valence-corrected chi connectivity index (χ0v) is 17.6. The number of aromatic nitrogens is 2. The first kappa shape index (κ1) is 20.4. The maximum atomic E-state index is 13.5. The van der Waals surface area contributed by atoms with Gasteiger partial charge in [-0.2, -0.15) is 0 Å². The van der Waals surface area contributed by atoms with Crippen molar-refractivity contribution >= 4 is 33.3 Å². The Morgan fingerprint density at radius 1 is 1.13 bits per heavy atom. The van der Waals surface area contributed by atoms with E-state index in [1.54, 1.807) is 47.2 Å². The Labute approximate surface area is 175 Å². The summed E-state index contributed by atoms with van der Waals surface area (Å²) in [5, 5.41) is 14.3. The zero-order chi connectivity index (χ0) is 21.5. The Hall–Kier alpha value is -2.88. The Morgan fingerprint density at radius 2 is 1.87 bits per heavy atom. The van der Waals surface area contributed by atoms with Gasteiger partial charge in [-0.15, -0.1) is 4.40 Å². The largest absolute Gasteiger partial charge is 0.506 e. The van der Waals surface area contributed by atoms with E-state index in [0.717, 1.165) is 12.8 Å². The first-order chi connectivity index (χ1) is 14.4. The number of nitrogens with zero attached hydrogens (tertiary/aromatic N) is 3. The average molecular weight is 429 g/mol. The summed E-state index contributed by atoms with van der Waals surface area (Å²) in [5.41, 5.74) is 0.237. The van der Waals surface area contributed by atoms with Crippen molar-refractivity contribution in [1.82, 2.24) is 9.55 Å². The topological polar surface area (TPSA) is 120 Å². The van der Waals surface area contributed by atoms with Crippen LogP contribution in [0.4, 0.5) is 5.69 Å². The molecule has 30 heavy (non-hydrogen) atoms. The summed E-state index contributed by atoms with van der Waals surface area (Å²) in [6, 6.07) is 10.0. The second-order valence-corrected chi connectivity index (χ2v) is 8.94. The van der Waals surface area contributed by atoms with Crippen molar-refractivity contribution in [2.75, 3.05) is 5.32 Å². The van der Waals surface area contributed by atoms with Crippen molar-refractivity contribution in [3.63, 3.8) is 0 Å². The first-order valence-electron chi connectivity index (χ1n) is 9.82. The van der Waals surface area contributed by atoms with Crippen LogP contribution in [0.1, 0.15) is 32.3 Å². The van der Waals surface area contributed by atoms with Crippen molar-refractivity contribution in [3.05, 3.63) is 58.5 Å². The monoisotopic (exact) mass is 428 g/mol. The van der Waals surface area contributed by atoms with Crippen molar-refractivity contribution in [3.8, 4) is 5.75 Å². The summed E-state index contributed by atoms with van der Waals surface area (Å²) < 4.78 is 26.7. The molecule has 0 bridgehead atoms. The van der Waals surface area contributed by atoms with E-state index in [1.165, 1.54) is 0 Å². The van der Waals surface area contributed by atoms with Crippen LogP contribution < -0.4 is 10.9 Å². The molecule has 1 aromatic carbocycles. The summed E-state index contributed by atoms with van der Waals surface area (Å²) in [6.07, 6.45) is 3.36. The number of aromatic hydroxyl groups is 1. The molecule has 1 aliphatic rings. The molecule has 0 spiro atoms. The fourth-order valence-corrected chi connectivity index (χ4v) is 4.86. The van der Waals surface area contributed by atoms with Gasteiger partial charge in [-0.1, -0.05) is 49.6 Å². The molecule has 0 amide bonds. The summed E-state index contributed by atoms with van der Waals surface area (Å²) >= 11 is 0. The molecular formula is C21H24N4O4S. The average Bonchev–Trinajstić information content (AvgIpc) is 2.74. The van der Waals surface area contributed by atoms with E-state index in [4.69, 9.17) is 0 Å². The molecule has 1 aliphatic heterocycles. The molecule has 9 heteroatoms. The quantitative estimate of drug-likeness (QED) is 0.477. The molecule has 0 saturated carbocycles. The maximum absolute atomic E-state index is 13.5. The van der Waals surface area contributed by atoms with Crippen molar-refractivity contribution in [2.45, 2.75) is 38.1 Å². The van der Waals surface area contributed by atoms with E-state index in [1.807, 2.05) is 0 Å². The molecule has 0 fully saturated rings. The van der Waals surface area contributed by atoms with E-state index in [2.05, 4.69) is 28.5 Å². The van der Waals surface area contributed by atoms with Gasteiger partial charge in [-0.25, -0.2) is 4.98 Å². The number of hydrogen-bond acceptors (Lipinski definition) is 7. The van der Waals surface area contributed by atoms with Crippen molar-refractivity contribution < 1.29 is 14.2 Å². The molecule has 3 heterocycles. The van der Waals surface area contributed by atoms with Gasteiger partial charge in [-0.05, 0) is 30.2 Å². The number of para-hydroxylation sites is 1. The maximum Gasteiger partial charge on any atom is 0.267 e. The highest BCUT2D eigenvalue weighted by molar-refractivity contribution is 8.23. The summed E-state index contributed by atoms with van der Waals surface area (Å²) in [5.74, 6) is -0.0994. The highest BCUT2D eigenvalue weighted by Crippen LogP contribution is 2.55. The standard InChI is InChI=1S/C21H24N4O4S/c1-3-13(4-2)12-25-20-14(8-7-11-22-20)18(26)17(21(25)27)19-23-15-9-5-6-10-16(15)30(28,29)24-19/h5-11,13,26,28-29H,3-4,12H2,1-2H3,(H,23,24). The minimum absolute atomic E-state index is 0.0692. The van der Waals surface area contributed by atoms with Crippen LogP contribution in [0.2, 0.25) is 0 Å². The molecule has 0 radical (unpaired) electrons. The van der Waals surface area contributed by atoms with Gasteiger partial charge in [0, 0.05) is 12.7 Å². The minimum atomic E-state index is -3.52. The van der Waals surface area contributed by atoms with Gasteiger partial charge in [-0.3, -0.25) is 18.5 Å². The van der Waals surface area contributed by atoms with Crippen LogP contribution in [0.15, 0.2) is 56.7 Å². The number of hydrogen-bond donors (Lipinski definition) is 4. The van der Waals surface area contributed by atoms with Crippen LogP contribution in [-0.2, 0) is 6.54 Å². The molecule has 0 saturated heterocycles. The summed E-state index contributed by atoms with van der Waals surface area (Å²) in [6.45, 7) is 4.57. The smallest absolute Gasteiger partial charge is 0.267 e. The van der Waals surface area contributed by atoms with Crippen LogP contribution in [0.25, 0.3) is 11.0 Å². The normalized spacial score (nSPS) is 16.1. The SMILES string of the molecule is CCC(CC)Cn1c(=O)c(C2=NS(O)(O)c3ccccc3N2)c(O)c2cccnc21. The van der Waals surface area contributed by atoms with E-state index in [9.17, 15) is 19.0 Å². The van der Waals surface area contributed by atoms with Gasteiger partial charge in [0.05, 0.1) is 11.1 Å². The third kappa shape index (κ3) is 3.34. The first-order valence-corrected chi connectivity index (χ1v) is 11.3. The van der Waals surface area contributed by atoms with Crippen LogP contribution in [0.3, 0.4) is 0 Å². The molecule has 8 nitrogen and oxygen atoms in total. The van der Waals surface area contributed by atoms with E-state index in [-0.39, 0.29) is 28.0 Å². The van der Waals surface area contributed by atoms with Gasteiger partial charge in [0.1, 0.15) is 21.9 Å². The molecule has 0 unspecified atom stereocenters. The predicted molar refractivity (Wildman–Crippen MR) is 119 cm³/mol. The molecule has 4 N–H and O–H groups in total. The Kier molecular flexibility index (Phi) is 5.27. The molecular weight excluding hydrogens is 404 g/mol. The minimum Gasteiger partial charge on any atom is -0.506 e. The summed E-state index contributed by atoms with van der Waals surface area (Å²) in [4.78, 5) is 18.0. The van der Waals surface area contributed by atoms with Gasteiger partial charge >= 0.3 is 0 Å². The Morgan fingerprint density at radius 3 is 2.60 bits per heavy atom. The lowest BCUT2D eigenvalue weighted by Crippen LogP contribution is -2.33. The molecule has 0 atom stereocenters. The molecule has 2 aromatic heterocycles. The van der Waals surface area contributed by atoms with Crippen LogP contribution in [0, 0.1) is 5.92 Å². The molecule has 3 aromatic rings. The lowest BCUT2D eigenvalue weighted by molar-refractivity contribution is 0.415. The Balaban J connectivity index is 1.96. The van der Waals surface area contributed by atoms with E-state index in [0.29, 0.717) is 23.3 Å². The lowest BCUT2D eigenvalue weighted by Gasteiger charge is -2.34. The number of fused-ring (bicyclic) bond motifs is 2. The van der Waals surface area contributed by atoms with Crippen LogP contribution in [0.5, 0.6) is 5.75 Å². The van der Waals surface area contributed by atoms with Crippen molar-refractivity contribution in [1.29, 1.82) is 0 Å². The van der Waals surface area contributed by atoms with Gasteiger partial charge in [0.15, 0.2) is 5.84 Å². The second-order valence-electron chi connectivity index (χ2n) is 7.28. The highest BCUT2D eigenvalue weighted by atomic mass is 32.3. The predicted octanol–water partition coefficient (Wildman–Crippen LogP) is 4.44. The number of nitrogens with one attached hydrogen (secondary N) is 1. The van der Waals surface area contributed by atoms with E-state index >= 15 is 0 Å².